The second-order valence-corrected chi connectivity index (χ2v) is 6.68. The van der Waals surface area contributed by atoms with Gasteiger partial charge >= 0.3 is 0 Å². The molecular weight excluding hydrogens is 268 g/mol. The normalized spacial score (nSPS) is 18.1. The molecule has 0 aromatic heterocycles. The number of benzene rings is 1. The average molecular weight is 284 g/mol. The van der Waals surface area contributed by atoms with Crippen LogP contribution in [0.15, 0.2) is 18.2 Å². The molecule has 1 aliphatic rings. The summed E-state index contributed by atoms with van der Waals surface area (Å²) in [4.78, 5) is 13.9. The molecule has 1 fully saturated rings. The van der Waals surface area contributed by atoms with Crippen molar-refractivity contribution < 1.29 is 17.9 Å². The zero-order chi connectivity index (χ0) is 14.0. The van der Waals surface area contributed by atoms with E-state index in [1.807, 2.05) is 0 Å². The Balaban J connectivity index is 2.24. The van der Waals surface area contributed by atoms with Gasteiger partial charge in [0.05, 0.1) is 29.9 Å². The molecule has 1 aromatic rings. The second kappa shape index (κ2) is 5.08. The third-order valence-electron chi connectivity index (χ3n) is 3.11. The lowest BCUT2D eigenvalue weighted by Gasteiger charge is -2.27. The minimum absolute atomic E-state index is 0.00334. The van der Waals surface area contributed by atoms with Gasteiger partial charge in [-0.05, 0) is 12.1 Å². The number of hydrogen-bond acceptors (Lipinski definition) is 5. The Morgan fingerprint density at radius 2 is 1.95 bits per heavy atom. The second-order valence-electron chi connectivity index (χ2n) is 4.37. The van der Waals surface area contributed by atoms with Crippen LogP contribution in [0.1, 0.15) is 10.4 Å². The zero-order valence-corrected chi connectivity index (χ0v) is 11.4. The maximum atomic E-state index is 12.3. The Morgan fingerprint density at radius 3 is 2.53 bits per heavy atom. The molecule has 7 heteroatoms. The SMILES string of the molecule is COc1c(N)cccc1C(=O)N1CCS(=O)(=O)CC1. The molecule has 0 spiro atoms. The quantitative estimate of drug-likeness (QED) is 0.781. The zero-order valence-electron chi connectivity index (χ0n) is 10.6. The number of amides is 1. The van der Waals surface area contributed by atoms with Crippen LogP contribution in [0.3, 0.4) is 0 Å². The summed E-state index contributed by atoms with van der Waals surface area (Å²) in [6.07, 6.45) is 0. The summed E-state index contributed by atoms with van der Waals surface area (Å²) in [5.74, 6) is 0.0900. The van der Waals surface area contributed by atoms with Crippen LogP contribution in [0.25, 0.3) is 0 Å². The number of nitrogens with zero attached hydrogens (tertiary/aromatic N) is 1. The molecule has 1 aliphatic heterocycles. The van der Waals surface area contributed by atoms with E-state index in [9.17, 15) is 13.2 Å². The van der Waals surface area contributed by atoms with E-state index in [-0.39, 0.29) is 30.5 Å². The van der Waals surface area contributed by atoms with Crippen molar-refractivity contribution in [2.45, 2.75) is 0 Å². The third kappa shape index (κ3) is 2.81. The number of para-hydroxylation sites is 1. The van der Waals surface area contributed by atoms with Crippen LogP contribution in [-0.2, 0) is 9.84 Å². The maximum Gasteiger partial charge on any atom is 0.257 e. The van der Waals surface area contributed by atoms with Crippen molar-refractivity contribution in [3.05, 3.63) is 23.8 Å². The van der Waals surface area contributed by atoms with Crippen LogP contribution in [0.4, 0.5) is 5.69 Å². The molecule has 0 bridgehead atoms. The Morgan fingerprint density at radius 1 is 1.32 bits per heavy atom. The highest BCUT2D eigenvalue weighted by atomic mass is 32.2. The third-order valence-corrected chi connectivity index (χ3v) is 4.72. The molecule has 1 heterocycles. The van der Waals surface area contributed by atoms with E-state index in [0.29, 0.717) is 17.0 Å². The van der Waals surface area contributed by atoms with E-state index in [0.717, 1.165) is 0 Å². The van der Waals surface area contributed by atoms with E-state index in [2.05, 4.69) is 0 Å². The number of sulfone groups is 1. The van der Waals surface area contributed by atoms with Crippen molar-refractivity contribution in [3.63, 3.8) is 0 Å². The number of anilines is 1. The van der Waals surface area contributed by atoms with Crippen molar-refractivity contribution in [2.75, 3.05) is 37.4 Å². The molecule has 0 aliphatic carbocycles. The standard InChI is InChI=1S/C12H16N2O4S/c1-18-11-9(3-2-4-10(11)13)12(15)14-5-7-19(16,17)8-6-14/h2-4H,5-8,13H2,1H3. The fourth-order valence-corrected chi connectivity index (χ4v) is 3.24. The predicted octanol–water partition coefficient (Wildman–Crippen LogP) is 0.148. The molecule has 6 nitrogen and oxygen atoms in total. The van der Waals surface area contributed by atoms with Gasteiger partial charge in [-0.25, -0.2) is 8.42 Å². The molecule has 0 atom stereocenters. The summed E-state index contributed by atoms with van der Waals surface area (Å²) in [5.41, 5.74) is 6.50. The number of hydrogen-bond donors (Lipinski definition) is 1. The number of methoxy groups -OCH3 is 1. The minimum atomic E-state index is -3.01. The summed E-state index contributed by atoms with van der Waals surface area (Å²) in [6, 6.07) is 4.95. The summed E-state index contributed by atoms with van der Waals surface area (Å²) in [6.45, 7) is 0.415. The number of rotatable bonds is 2. The number of carbonyl (C=O) groups is 1. The molecular formula is C12H16N2O4S. The maximum absolute atomic E-state index is 12.3. The summed E-state index contributed by atoms with van der Waals surface area (Å²) >= 11 is 0. The van der Waals surface area contributed by atoms with Crippen LogP contribution in [0.5, 0.6) is 5.75 Å². The van der Waals surface area contributed by atoms with Gasteiger partial charge in [0, 0.05) is 13.1 Å². The Labute approximate surface area is 112 Å². The largest absolute Gasteiger partial charge is 0.494 e. The van der Waals surface area contributed by atoms with Crippen molar-refractivity contribution in [1.82, 2.24) is 4.90 Å². The highest BCUT2D eigenvalue weighted by molar-refractivity contribution is 7.91. The Bertz CT molecular complexity index is 584. The molecule has 104 valence electrons. The lowest BCUT2D eigenvalue weighted by Crippen LogP contribution is -2.43. The summed E-state index contributed by atoms with van der Waals surface area (Å²) in [7, 11) is -1.56. The molecule has 1 amide bonds. The first kappa shape index (κ1) is 13.7. The van der Waals surface area contributed by atoms with Crippen LogP contribution in [0.2, 0.25) is 0 Å². The topological polar surface area (TPSA) is 89.7 Å². The first-order chi connectivity index (χ1) is 8.94. The number of carbonyl (C=O) groups excluding carboxylic acids is 1. The fourth-order valence-electron chi connectivity index (χ4n) is 2.04. The van der Waals surface area contributed by atoms with E-state index in [1.54, 1.807) is 18.2 Å². The first-order valence-corrected chi connectivity index (χ1v) is 7.69. The highest BCUT2D eigenvalue weighted by Gasteiger charge is 2.27. The first-order valence-electron chi connectivity index (χ1n) is 5.87. The van der Waals surface area contributed by atoms with Crippen LogP contribution in [-0.4, -0.2) is 50.9 Å². The van der Waals surface area contributed by atoms with Gasteiger partial charge in [0.1, 0.15) is 0 Å². The number of nitrogen functional groups attached to an aromatic ring is 1. The summed E-state index contributed by atoms with van der Waals surface area (Å²) < 4.78 is 27.8. The summed E-state index contributed by atoms with van der Waals surface area (Å²) in [5, 5.41) is 0. The number of ether oxygens (including phenoxy) is 1. The fraction of sp³-hybridized carbons (Fsp3) is 0.417. The van der Waals surface area contributed by atoms with Crippen molar-refractivity contribution in [2.24, 2.45) is 0 Å². The van der Waals surface area contributed by atoms with E-state index in [1.165, 1.54) is 12.0 Å². The lowest BCUT2D eigenvalue weighted by atomic mass is 10.1. The molecule has 2 rings (SSSR count). The van der Waals surface area contributed by atoms with Crippen molar-refractivity contribution >= 4 is 21.4 Å². The average Bonchev–Trinajstić information content (AvgIpc) is 2.37. The molecule has 1 aromatic carbocycles. The molecule has 2 N–H and O–H groups in total. The predicted molar refractivity (Wildman–Crippen MR) is 72.0 cm³/mol. The minimum Gasteiger partial charge on any atom is -0.494 e. The Hall–Kier alpha value is -1.76. The molecule has 0 saturated carbocycles. The van der Waals surface area contributed by atoms with Crippen LogP contribution >= 0.6 is 0 Å². The van der Waals surface area contributed by atoms with Gasteiger partial charge in [-0.1, -0.05) is 6.07 Å². The van der Waals surface area contributed by atoms with E-state index in [4.69, 9.17) is 10.5 Å². The highest BCUT2D eigenvalue weighted by Crippen LogP contribution is 2.27. The molecule has 1 saturated heterocycles. The molecule has 0 radical (unpaired) electrons. The smallest absolute Gasteiger partial charge is 0.257 e. The van der Waals surface area contributed by atoms with Gasteiger partial charge in [0.25, 0.3) is 5.91 Å². The van der Waals surface area contributed by atoms with Gasteiger partial charge in [-0.2, -0.15) is 0 Å². The number of nitrogens with two attached hydrogens (primary N) is 1. The van der Waals surface area contributed by atoms with Gasteiger partial charge in [0.2, 0.25) is 0 Å². The van der Waals surface area contributed by atoms with Gasteiger partial charge in [0.15, 0.2) is 15.6 Å². The van der Waals surface area contributed by atoms with Gasteiger partial charge in [-0.3, -0.25) is 4.79 Å². The van der Waals surface area contributed by atoms with Crippen LogP contribution < -0.4 is 10.5 Å². The monoisotopic (exact) mass is 284 g/mol. The van der Waals surface area contributed by atoms with Gasteiger partial charge < -0.3 is 15.4 Å². The van der Waals surface area contributed by atoms with Crippen molar-refractivity contribution in [1.29, 1.82) is 0 Å². The van der Waals surface area contributed by atoms with Crippen LogP contribution in [0, 0.1) is 0 Å². The van der Waals surface area contributed by atoms with Gasteiger partial charge in [-0.15, -0.1) is 0 Å². The van der Waals surface area contributed by atoms with E-state index < -0.39 is 9.84 Å². The molecule has 19 heavy (non-hydrogen) atoms. The van der Waals surface area contributed by atoms with E-state index >= 15 is 0 Å². The molecule has 0 unspecified atom stereocenters. The lowest BCUT2D eigenvalue weighted by molar-refractivity contribution is 0.0767. The Kier molecular flexibility index (Phi) is 3.66. The van der Waals surface area contributed by atoms with Crippen molar-refractivity contribution in [3.8, 4) is 5.75 Å².